The predicted molar refractivity (Wildman–Crippen MR) is 47.4 cm³/mol. The maximum atomic E-state index is 9.59. The molecule has 0 aliphatic heterocycles. The number of aliphatic hydroxyl groups is 1. The van der Waals surface area contributed by atoms with E-state index in [2.05, 4.69) is 13.8 Å². The lowest BCUT2D eigenvalue weighted by atomic mass is 9.88. The Bertz CT molecular complexity index is 111. The zero-order valence-electron chi connectivity index (χ0n) is 7.71. The molecule has 11 heavy (non-hydrogen) atoms. The Morgan fingerprint density at radius 2 is 2.18 bits per heavy atom. The van der Waals surface area contributed by atoms with Gasteiger partial charge in [0.15, 0.2) is 0 Å². The molecule has 3 atom stereocenters. The molecule has 1 rings (SSSR count). The second-order valence-electron chi connectivity index (χ2n) is 3.93. The monoisotopic (exact) mass is 156 g/mol. The van der Waals surface area contributed by atoms with Crippen LogP contribution in [0.3, 0.4) is 0 Å². The Morgan fingerprint density at radius 1 is 1.45 bits per heavy atom. The van der Waals surface area contributed by atoms with E-state index in [1.165, 1.54) is 25.7 Å². The number of rotatable bonds is 3. The van der Waals surface area contributed by atoms with Crippen molar-refractivity contribution in [1.29, 1.82) is 0 Å². The normalized spacial score (nSPS) is 34.1. The first-order valence-corrected chi connectivity index (χ1v) is 4.93. The van der Waals surface area contributed by atoms with Gasteiger partial charge in [-0.2, -0.15) is 0 Å². The zero-order chi connectivity index (χ0) is 8.27. The van der Waals surface area contributed by atoms with Gasteiger partial charge in [-0.1, -0.05) is 33.1 Å². The maximum Gasteiger partial charge on any atom is 0.0570 e. The minimum atomic E-state index is 0.0107. The van der Waals surface area contributed by atoms with E-state index in [4.69, 9.17) is 0 Å². The maximum absolute atomic E-state index is 9.59. The molecule has 0 radical (unpaired) electrons. The van der Waals surface area contributed by atoms with Crippen LogP contribution in [0.2, 0.25) is 0 Å². The van der Waals surface area contributed by atoms with Crippen molar-refractivity contribution in [3.05, 3.63) is 0 Å². The molecule has 0 aromatic heterocycles. The van der Waals surface area contributed by atoms with Crippen LogP contribution in [0.1, 0.15) is 46.0 Å². The first-order valence-electron chi connectivity index (χ1n) is 4.93. The summed E-state index contributed by atoms with van der Waals surface area (Å²) in [6.45, 7) is 4.50. The van der Waals surface area contributed by atoms with E-state index in [1.54, 1.807) is 0 Å². The highest BCUT2D eigenvalue weighted by molar-refractivity contribution is 4.80. The van der Waals surface area contributed by atoms with Gasteiger partial charge in [-0.3, -0.25) is 0 Å². The van der Waals surface area contributed by atoms with Crippen LogP contribution >= 0.6 is 0 Å². The van der Waals surface area contributed by atoms with Crippen LogP contribution in [0.4, 0.5) is 0 Å². The van der Waals surface area contributed by atoms with E-state index < -0.39 is 0 Å². The van der Waals surface area contributed by atoms with Gasteiger partial charge in [-0.25, -0.2) is 0 Å². The van der Waals surface area contributed by atoms with Crippen molar-refractivity contribution in [2.75, 3.05) is 0 Å². The highest BCUT2D eigenvalue weighted by Gasteiger charge is 2.28. The molecule has 0 amide bonds. The lowest BCUT2D eigenvalue weighted by Crippen LogP contribution is -2.20. The smallest absolute Gasteiger partial charge is 0.0570 e. The summed E-state index contributed by atoms with van der Waals surface area (Å²) in [5, 5.41) is 9.59. The summed E-state index contributed by atoms with van der Waals surface area (Å²) in [5.74, 6) is 1.34. The van der Waals surface area contributed by atoms with E-state index in [-0.39, 0.29) is 6.10 Å². The Labute approximate surface area is 69.8 Å². The van der Waals surface area contributed by atoms with Gasteiger partial charge >= 0.3 is 0 Å². The largest absolute Gasteiger partial charge is 0.393 e. The van der Waals surface area contributed by atoms with Crippen LogP contribution in [0.25, 0.3) is 0 Å². The van der Waals surface area contributed by atoms with E-state index in [0.717, 1.165) is 12.3 Å². The fraction of sp³-hybridized carbons (Fsp3) is 1.00. The average Bonchev–Trinajstić information content (AvgIpc) is 2.36. The minimum Gasteiger partial charge on any atom is -0.393 e. The number of hydrogen-bond donors (Lipinski definition) is 1. The highest BCUT2D eigenvalue weighted by atomic mass is 16.3. The SMILES string of the molecule is CCCC(C)C1CCCC1O. The summed E-state index contributed by atoms with van der Waals surface area (Å²) in [6, 6.07) is 0. The van der Waals surface area contributed by atoms with Crippen LogP contribution in [0, 0.1) is 11.8 Å². The van der Waals surface area contributed by atoms with Crippen molar-refractivity contribution in [3.63, 3.8) is 0 Å². The number of aliphatic hydroxyl groups excluding tert-OH is 1. The Hall–Kier alpha value is -0.0400. The van der Waals surface area contributed by atoms with Gasteiger partial charge in [-0.05, 0) is 24.7 Å². The molecular weight excluding hydrogens is 136 g/mol. The molecule has 1 saturated carbocycles. The molecule has 0 spiro atoms. The van der Waals surface area contributed by atoms with Gasteiger partial charge in [-0.15, -0.1) is 0 Å². The number of hydrogen-bond acceptors (Lipinski definition) is 1. The van der Waals surface area contributed by atoms with Gasteiger partial charge in [0, 0.05) is 0 Å². The van der Waals surface area contributed by atoms with E-state index in [0.29, 0.717) is 5.92 Å². The average molecular weight is 156 g/mol. The predicted octanol–water partition coefficient (Wildman–Crippen LogP) is 2.58. The van der Waals surface area contributed by atoms with Crippen molar-refractivity contribution >= 4 is 0 Å². The molecule has 1 aliphatic carbocycles. The summed E-state index contributed by atoms with van der Waals surface area (Å²) >= 11 is 0. The van der Waals surface area contributed by atoms with Gasteiger partial charge in [0.2, 0.25) is 0 Å². The van der Waals surface area contributed by atoms with Crippen molar-refractivity contribution in [2.45, 2.75) is 52.1 Å². The third-order valence-corrected chi connectivity index (χ3v) is 3.01. The summed E-state index contributed by atoms with van der Waals surface area (Å²) in [4.78, 5) is 0. The molecule has 1 fully saturated rings. The van der Waals surface area contributed by atoms with Crippen LogP contribution in [-0.2, 0) is 0 Å². The molecule has 3 unspecified atom stereocenters. The molecule has 66 valence electrons. The minimum absolute atomic E-state index is 0.0107. The van der Waals surface area contributed by atoms with E-state index >= 15 is 0 Å². The molecule has 0 aromatic carbocycles. The Kier molecular flexibility index (Phi) is 3.38. The van der Waals surface area contributed by atoms with Gasteiger partial charge < -0.3 is 5.11 Å². The first-order chi connectivity index (χ1) is 5.25. The van der Waals surface area contributed by atoms with Crippen molar-refractivity contribution in [2.24, 2.45) is 11.8 Å². The first kappa shape index (κ1) is 9.05. The highest BCUT2D eigenvalue weighted by Crippen LogP contribution is 2.33. The molecular formula is C10H20O. The van der Waals surface area contributed by atoms with Crippen molar-refractivity contribution in [3.8, 4) is 0 Å². The molecule has 1 aliphatic rings. The van der Waals surface area contributed by atoms with E-state index in [9.17, 15) is 5.11 Å². The van der Waals surface area contributed by atoms with Crippen molar-refractivity contribution < 1.29 is 5.11 Å². The van der Waals surface area contributed by atoms with Gasteiger partial charge in [0.25, 0.3) is 0 Å². The third kappa shape index (κ3) is 2.19. The lowest BCUT2D eigenvalue weighted by Gasteiger charge is -2.21. The van der Waals surface area contributed by atoms with Gasteiger partial charge in [0.1, 0.15) is 0 Å². The van der Waals surface area contributed by atoms with Crippen LogP contribution < -0.4 is 0 Å². The molecule has 0 aromatic rings. The van der Waals surface area contributed by atoms with Crippen LogP contribution in [-0.4, -0.2) is 11.2 Å². The third-order valence-electron chi connectivity index (χ3n) is 3.01. The van der Waals surface area contributed by atoms with E-state index in [1.807, 2.05) is 0 Å². The molecule has 0 bridgehead atoms. The fourth-order valence-electron chi connectivity index (χ4n) is 2.30. The molecule has 1 N–H and O–H groups in total. The fourth-order valence-corrected chi connectivity index (χ4v) is 2.30. The molecule has 0 heterocycles. The quantitative estimate of drug-likeness (QED) is 0.666. The molecule has 1 nitrogen and oxygen atoms in total. The zero-order valence-corrected chi connectivity index (χ0v) is 7.71. The lowest BCUT2D eigenvalue weighted by molar-refractivity contribution is 0.0999. The van der Waals surface area contributed by atoms with Gasteiger partial charge in [0.05, 0.1) is 6.10 Å². The Morgan fingerprint density at radius 3 is 2.64 bits per heavy atom. The topological polar surface area (TPSA) is 20.2 Å². The van der Waals surface area contributed by atoms with Crippen LogP contribution in [0.5, 0.6) is 0 Å². The summed E-state index contributed by atoms with van der Waals surface area (Å²) < 4.78 is 0. The second kappa shape index (κ2) is 4.10. The summed E-state index contributed by atoms with van der Waals surface area (Å²) in [7, 11) is 0. The molecule has 1 heteroatoms. The standard InChI is InChI=1S/C10H20O/c1-3-5-8(2)9-6-4-7-10(9)11/h8-11H,3-7H2,1-2H3. The summed E-state index contributed by atoms with van der Waals surface area (Å²) in [5.41, 5.74) is 0. The summed E-state index contributed by atoms with van der Waals surface area (Å²) in [6.07, 6.45) is 6.07. The second-order valence-corrected chi connectivity index (χ2v) is 3.93. The van der Waals surface area contributed by atoms with Crippen molar-refractivity contribution in [1.82, 2.24) is 0 Å². The molecule has 0 saturated heterocycles. The van der Waals surface area contributed by atoms with Crippen LogP contribution in [0.15, 0.2) is 0 Å². The Balaban J connectivity index is 2.33.